The van der Waals surface area contributed by atoms with Gasteiger partial charge in [0.15, 0.2) is 6.10 Å². The summed E-state index contributed by atoms with van der Waals surface area (Å²) in [6, 6.07) is 11.2. The molecule has 0 aromatic heterocycles. The number of ether oxygens (including phenoxy) is 1. The minimum absolute atomic E-state index is 0.0381. The van der Waals surface area contributed by atoms with Gasteiger partial charge in [0.25, 0.3) is 11.8 Å². The highest BCUT2D eigenvalue weighted by atomic mass is 35.5. The van der Waals surface area contributed by atoms with Gasteiger partial charge in [0.1, 0.15) is 5.75 Å². The molecule has 2 amide bonds. The van der Waals surface area contributed by atoms with E-state index in [-0.39, 0.29) is 30.3 Å². The Bertz CT molecular complexity index is 1140. The molecule has 1 atom stereocenters. The summed E-state index contributed by atoms with van der Waals surface area (Å²) in [7, 11) is -3.61. The van der Waals surface area contributed by atoms with Crippen LogP contribution in [0, 0.1) is 0 Å². The number of nitrogens with zero attached hydrogens (tertiary/aromatic N) is 1. The lowest BCUT2D eigenvalue weighted by atomic mass is 10.1. The van der Waals surface area contributed by atoms with Crippen LogP contribution in [-0.2, 0) is 14.8 Å². The average molecular weight is 480 g/mol. The Balaban J connectivity index is 1.86. The summed E-state index contributed by atoms with van der Waals surface area (Å²) in [5.74, 6) is -0.577. The Kier molecular flexibility index (Phi) is 6.71. The summed E-state index contributed by atoms with van der Waals surface area (Å²) in [6.07, 6.45) is 0.226. The predicted octanol–water partition coefficient (Wildman–Crippen LogP) is 3.42. The van der Waals surface area contributed by atoms with Crippen LogP contribution in [-0.4, -0.2) is 44.7 Å². The van der Waals surface area contributed by atoms with Gasteiger partial charge < -0.3 is 15.4 Å². The molecule has 8 nitrogen and oxygen atoms in total. The number of hydrogen-bond acceptors (Lipinski definition) is 5. The van der Waals surface area contributed by atoms with Gasteiger partial charge in [-0.3, -0.25) is 13.9 Å². The molecular formula is C22H26ClN3O5S. The molecule has 1 heterocycles. The first kappa shape index (κ1) is 23.9. The molecule has 0 aliphatic carbocycles. The van der Waals surface area contributed by atoms with Gasteiger partial charge >= 0.3 is 0 Å². The third kappa shape index (κ3) is 5.72. The summed E-state index contributed by atoms with van der Waals surface area (Å²) in [5.41, 5.74) is 0.483. The summed E-state index contributed by atoms with van der Waals surface area (Å²) >= 11 is 6.05. The summed E-state index contributed by atoms with van der Waals surface area (Å²) in [4.78, 5) is 25.7. The lowest BCUT2D eigenvalue weighted by Crippen LogP contribution is -2.41. The van der Waals surface area contributed by atoms with Crippen molar-refractivity contribution in [3.63, 3.8) is 0 Å². The van der Waals surface area contributed by atoms with E-state index in [1.165, 1.54) is 16.4 Å². The predicted molar refractivity (Wildman–Crippen MR) is 125 cm³/mol. The molecule has 10 heteroatoms. The van der Waals surface area contributed by atoms with E-state index in [2.05, 4.69) is 10.6 Å². The molecule has 172 valence electrons. The third-order valence-electron chi connectivity index (χ3n) is 4.66. The molecule has 2 N–H and O–H groups in total. The number of hydrogen-bond donors (Lipinski definition) is 2. The molecule has 0 saturated carbocycles. The lowest BCUT2D eigenvalue weighted by molar-refractivity contribution is -0.122. The monoisotopic (exact) mass is 479 g/mol. The van der Waals surface area contributed by atoms with E-state index >= 15 is 0 Å². The van der Waals surface area contributed by atoms with Crippen LogP contribution in [0.15, 0.2) is 42.5 Å². The molecule has 32 heavy (non-hydrogen) atoms. The van der Waals surface area contributed by atoms with Crippen molar-refractivity contribution in [3.05, 3.63) is 53.1 Å². The van der Waals surface area contributed by atoms with E-state index < -0.39 is 27.6 Å². The topological polar surface area (TPSA) is 105 Å². The number of halogens is 1. The standard InChI is InChI=1S/C22H26ClN3O5S/c1-22(2,3)25-20(27)15-7-5-6-8-16(15)24-21(28)19-11-12-26(32(4,29)30)17-13-14(23)9-10-18(17)31-19/h5-10,13,19H,11-12H2,1-4H3,(H,24,28)(H,25,27). The second-order valence-corrected chi connectivity index (χ2v) is 10.9. The maximum atomic E-state index is 13.1. The lowest BCUT2D eigenvalue weighted by Gasteiger charge is -2.22. The van der Waals surface area contributed by atoms with Crippen LogP contribution in [0.2, 0.25) is 5.02 Å². The number of para-hydroxylation sites is 1. The van der Waals surface area contributed by atoms with E-state index in [0.717, 1.165) is 6.26 Å². The zero-order valence-corrected chi connectivity index (χ0v) is 19.9. The Morgan fingerprint density at radius 3 is 2.50 bits per heavy atom. The molecule has 1 unspecified atom stereocenters. The van der Waals surface area contributed by atoms with Gasteiger partial charge in [0.05, 0.1) is 23.2 Å². The first-order chi connectivity index (χ1) is 14.8. The first-order valence-electron chi connectivity index (χ1n) is 10.0. The van der Waals surface area contributed by atoms with Crippen LogP contribution in [0.25, 0.3) is 0 Å². The number of carbonyl (C=O) groups is 2. The maximum absolute atomic E-state index is 13.1. The van der Waals surface area contributed by atoms with E-state index in [1.807, 2.05) is 20.8 Å². The Labute approximate surface area is 192 Å². The van der Waals surface area contributed by atoms with E-state index in [9.17, 15) is 18.0 Å². The number of rotatable bonds is 4. The van der Waals surface area contributed by atoms with Gasteiger partial charge in [0.2, 0.25) is 10.0 Å². The van der Waals surface area contributed by atoms with Gasteiger partial charge in [-0.05, 0) is 51.1 Å². The van der Waals surface area contributed by atoms with Crippen molar-refractivity contribution in [2.24, 2.45) is 0 Å². The van der Waals surface area contributed by atoms with E-state index in [0.29, 0.717) is 16.3 Å². The van der Waals surface area contributed by atoms with E-state index in [4.69, 9.17) is 16.3 Å². The van der Waals surface area contributed by atoms with Crippen molar-refractivity contribution < 1.29 is 22.7 Å². The SMILES string of the molecule is CC(C)(C)NC(=O)c1ccccc1NC(=O)C1CCN(S(C)(=O)=O)c2cc(Cl)ccc2O1. The Morgan fingerprint density at radius 1 is 1.16 bits per heavy atom. The van der Waals surface area contributed by atoms with Crippen LogP contribution in [0.1, 0.15) is 37.6 Å². The first-order valence-corrected chi connectivity index (χ1v) is 12.2. The maximum Gasteiger partial charge on any atom is 0.265 e. The molecular weight excluding hydrogens is 454 g/mol. The summed E-state index contributed by atoms with van der Waals surface area (Å²) < 4.78 is 31.6. The van der Waals surface area contributed by atoms with Crippen molar-refractivity contribution in [1.82, 2.24) is 5.32 Å². The fourth-order valence-electron chi connectivity index (χ4n) is 3.29. The quantitative estimate of drug-likeness (QED) is 0.699. The minimum atomic E-state index is -3.61. The van der Waals surface area contributed by atoms with Crippen LogP contribution < -0.4 is 19.7 Å². The van der Waals surface area contributed by atoms with Crippen LogP contribution in [0.3, 0.4) is 0 Å². The zero-order valence-electron chi connectivity index (χ0n) is 18.3. The number of benzene rings is 2. The second kappa shape index (κ2) is 8.99. The minimum Gasteiger partial charge on any atom is -0.478 e. The highest BCUT2D eigenvalue weighted by molar-refractivity contribution is 7.92. The van der Waals surface area contributed by atoms with Crippen molar-refractivity contribution in [2.45, 2.75) is 38.8 Å². The highest BCUT2D eigenvalue weighted by Crippen LogP contribution is 2.36. The third-order valence-corrected chi connectivity index (χ3v) is 6.08. The molecule has 2 aromatic rings. The van der Waals surface area contributed by atoms with Gasteiger partial charge in [0, 0.05) is 23.5 Å². The second-order valence-electron chi connectivity index (χ2n) is 8.58. The molecule has 3 rings (SSSR count). The fourth-order valence-corrected chi connectivity index (χ4v) is 4.40. The van der Waals surface area contributed by atoms with Gasteiger partial charge in [-0.25, -0.2) is 8.42 Å². The normalized spacial score (nSPS) is 16.4. The van der Waals surface area contributed by atoms with Crippen LogP contribution in [0.5, 0.6) is 5.75 Å². The van der Waals surface area contributed by atoms with Gasteiger partial charge in [-0.15, -0.1) is 0 Å². The van der Waals surface area contributed by atoms with Crippen LogP contribution in [0.4, 0.5) is 11.4 Å². The van der Waals surface area contributed by atoms with Gasteiger partial charge in [-0.2, -0.15) is 0 Å². The highest BCUT2D eigenvalue weighted by Gasteiger charge is 2.32. The van der Waals surface area contributed by atoms with Crippen molar-refractivity contribution >= 4 is 44.8 Å². The van der Waals surface area contributed by atoms with Crippen LogP contribution >= 0.6 is 11.6 Å². The number of fused-ring (bicyclic) bond motifs is 1. The number of amides is 2. The number of anilines is 2. The van der Waals surface area contributed by atoms with Gasteiger partial charge in [-0.1, -0.05) is 23.7 Å². The molecule has 0 bridgehead atoms. The Morgan fingerprint density at radius 2 is 1.84 bits per heavy atom. The zero-order chi connectivity index (χ0) is 23.7. The fraction of sp³-hybridized carbons (Fsp3) is 0.364. The number of carbonyl (C=O) groups excluding carboxylic acids is 2. The summed E-state index contributed by atoms with van der Waals surface area (Å²) in [5, 5.41) is 5.97. The summed E-state index contributed by atoms with van der Waals surface area (Å²) in [6.45, 7) is 5.63. The van der Waals surface area contributed by atoms with Crippen molar-refractivity contribution in [1.29, 1.82) is 0 Å². The smallest absolute Gasteiger partial charge is 0.265 e. The number of sulfonamides is 1. The molecule has 1 aliphatic rings. The average Bonchev–Trinajstić information content (AvgIpc) is 2.86. The molecule has 2 aromatic carbocycles. The molecule has 0 saturated heterocycles. The van der Waals surface area contributed by atoms with Crippen molar-refractivity contribution in [3.8, 4) is 5.75 Å². The molecule has 0 fully saturated rings. The van der Waals surface area contributed by atoms with E-state index in [1.54, 1.807) is 30.3 Å². The Hall–Kier alpha value is -2.78. The number of nitrogens with one attached hydrogen (secondary N) is 2. The molecule has 0 spiro atoms. The molecule has 0 radical (unpaired) electrons. The largest absolute Gasteiger partial charge is 0.478 e. The van der Waals surface area contributed by atoms with Crippen molar-refractivity contribution in [2.75, 3.05) is 22.4 Å². The molecule has 1 aliphatic heterocycles.